The zero-order chi connectivity index (χ0) is 14.1. The number of piperidine rings is 1. The van der Waals surface area contributed by atoms with Gasteiger partial charge in [0.2, 0.25) is 5.91 Å². The Balaban J connectivity index is 2.23. The summed E-state index contributed by atoms with van der Waals surface area (Å²) in [6.45, 7) is 7.46. The Labute approximate surface area is 122 Å². The van der Waals surface area contributed by atoms with Crippen molar-refractivity contribution in [2.75, 3.05) is 25.9 Å². The molecule has 4 heteroatoms. The molecule has 0 aromatic carbocycles. The Morgan fingerprint density at radius 3 is 2.68 bits per heavy atom. The van der Waals surface area contributed by atoms with E-state index in [0.29, 0.717) is 12.3 Å². The van der Waals surface area contributed by atoms with Gasteiger partial charge in [-0.15, -0.1) is 0 Å². The van der Waals surface area contributed by atoms with Crippen molar-refractivity contribution in [1.29, 1.82) is 0 Å². The molecule has 2 N–H and O–H groups in total. The molecule has 0 spiro atoms. The molecule has 0 aliphatic carbocycles. The average Bonchev–Trinajstić information content (AvgIpc) is 2.48. The van der Waals surface area contributed by atoms with E-state index in [0.717, 1.165) is 38.9 Å². The fourth-order valence-electron chi connectivity index (χ4n) is 2.71. The van der Waals surface area contributed by atoms with Crippen LogP contribution in [-0.4, -0.2) is 36.5 Å². The van der Waals surface area contributed by atoms with Crippen molar-refractivity contribution in [1.82, 2.24) is 10.6 Å². The highest BCUT2D eigenvalue weighted by Gasteiger charge is 2.25. The number of carbonyl (C=O) groups excluding carboxylic acids is 1. The molecule has 0 aromatic heterocycles. The molecule has 1 aliphatic rings. The van der Waals surface area contributed by atoms with Gasteiger partial charge in [-0.2, -0.15) is 11.8 Å². The first-order chi connectivity index (χ1) is 9.15. The predicted octanol–water partition coefficient (Wildman–Crippen LogP) is 2.80. The lowest BCUT2D eigenvalue weighted by Crippen LogP contribution is -2.40. The Morgan fingerprint density at radius 2 is 2.16 bits per heavy atom. The topological polar surface area (TPSA) is 41.1 Å². The van der Waals surface area contributed by atoms with E-state index in [1.165, 1.54) is 12.8 Å². The lowest BCUT2D eigenvalue weighted by Gasteiger charge is -2.30. The summed E-state index contributed by atoms with van der Waals surface area (Å²) in [5, 5.41) is 6.54. The third-order valence-electron chi connectivity index (χ3n) is 4.51. The SMILES string of the molecule is CCC(CC)(CNC(=O)CCC1CCCNC1)SC. The summed E-state index contributed by atoms with van der Waals surface area (Å²) in [5.74, 6) is 0.924. The van der Waals surface area contributed by atoms with Crippen LogP contribution in [0, 0.1) is 5.92 Å². The first-order valence-corrected chi connectivity index (χ1v) is 8.91. The van der Waals surface area contributed by atoms with Crippen molar-refractivity contribution in [2.45, 2.75) is 57.1 Å². The van der Waals surface area contributed by atoms with Crippen LogP contribution < -0.4 is 10.6 Å². The molecule has 1 rings (SSSR count). The molecule has 1 saturated heterocycles. The second kappa shape index (κ2) is 8.85. The van der Waals surface area contributed by atoms with E-state index in [1.807, 2.05) is 11.8 Å². The molecule has 0 saturated carbocycles. The van der Waals surface area contributed by atoms with E-state index >= 15 is 0 Å². The number of nitrogens with one attached hydrogen (secondary N) is 2. The highest BCUT2D eigenvalue weighted by molar-refractivity contribution is 8.00. The Bertz CT molecular complexity index is 253. The van der Waals surface area contributed by atoms with E-state index in [2.05, 4.69) is 30.7 Å². The van der Waals surface area contributed by atoms with Gasteiger partial charge in [-0.3, -0.25) is 4.79 Å². The summed E-state index contributed by atoms with van der Waals surface area (Å²) in [5.41, 5.74) is 0. The van der Waals surface area contributed by atoms with Crippen LogP contribution in [0.15, 0.2) is 0 Å². The third kappa shape index (κ3) is 5.74. The molecule has 1 atom stereocenters. The van der Waals surface area contributed by atoms with Gasteiger partial charge in [0.1, 0.15) is 0 Å². The van der Waals surface area contributed by atoms with Crippen LogP contribution in [0.25, 0.3) is 0 Å². The minimum Gasteiger partial charge on any atom is -0.355 e. The molecular formula is C15H30N2OS. The van der Waals surface area contributed by atoms with Gasteiger partial charge in [-0.05, 0) is 57.4 Å². The maximum Gasteiger partial charge on any atom is 0.220 e. The zero-order valence-corrected chi connectivity index (χ0v) is 13.6. The highest BCUT2D eigenvalue weighted by Crippen LogP contribution is 2.29. The number of hydrogen-bond acceptors (Lipinski definition) is 3. The molecule has 1 fully saturated rings. The van der Waals surface area contributed by atoms with Crippen LogP contribution >= 0.6 is 11.8 Å². The Morgan fingerprint density at radius 1 is 1.42 bits per heavy atom. The fourth-order valence-corrected chi connectivity index (χ4v) is 3.51. The standard InChI is InChI=1S/C15H30N2OS/c1-4-15(5-2,19-3)12-17-14(18)9-8-13-7-6-10-16-11-13/h13,16H,4-12H2,1-3H3,(H,17,18). The number of carbonyl (C=O) groups is 1. The molecule has 0 aromatic rings. The van der Waals surface area contributed by atoms with Crippen LogP contribution in [-0.2, 0) is 4.79 Å². The highest BCUT2D eigenvalue weighted by atomic mass is 32.2. The quantitative estimate of drug-likeness (QED) is 0.721. The van der Waals surface area contributed by atoms with Gasteiger partial charge in [0.05, 0.1) is 0 Å². The molecule has 0 radical (unpaired) electrons. The summed E-state index contributed by atoms with van der Waals surface area (Å²) >= 11 is 1.88. The van der Waals surface area contributed by atoms with E-state index in [9.17, 15) is 4.79 Å². The molecule has 3 nitrogen and oxygen atoms in total. The van der Waals surface area contributed by atoms with Crippen molar-refractivity contribution >= 4 is 17.7 Å². The van der Waals surface area contributed by atoms with Gasteiger partial charge in [-0.1, -0.05) is 13.8 Å². The van der Waals surface area contributed by atoms with E-state index in [-0.39, 0.29) is 10.7 Å². The molecule has 19 heavy (non-hydrogen) atoms. The summed E-state index contributed by atoms with van der Waals surface area (Å²) in [4.78, 5) is 11.9. The number of amides is 1. The fraction of sp³-hybridized carbons (Fsp3) is 0.933. The summed E-state index contributed by atoms with van der Waals surface area (Å²) in [7, 11) is 0. The minimum absolute atomic E-state index is 0.224. The summed E-state index contributed by atoms with van der Waals surface area (Å²) in [6.07, 6.45) is 8.61. The zero-order valence-electron chi connectivity index (χ0n) is 12.8. The summed E-state index contributed by atoms with van der Waals surface area (Å²) < 4.78 is 0.224. The molecular weight excluding hydrogens is 256 g/mol. The van der Waals surface area contributed by atoms with Crippen molar-refractivity contribution in [3.05, 3.63) is 0 Å². The second-order valence-electron chi connectivity index (χ2n) is 5.62. The van der Waals surface area contributed by atoms with Gasteiger partial charge in [-0.25, -0.2) is 0 Å². The average molecular weight is 286 g/mol. The van der Waals surface area contributed by atoms with Gasteiger partial charge in [0.15, 0.2) is 0 Å². The molecule has 1 amide bonds. The largest absolute Gasteiger partial charge is 0.355 e. The predicted molar refractivity (Wildman–Crippen MR) is 84.7 cm³/mol. The van der Waals surface area contributed by atoms with Crippen molar-refractivity contribution in [3.63, 3.8) is 0 Å². The first kappa shape index (κ1) is 16.8. The molecule has 1 heterocycles. The Hall–Kier alpha value is -0.220. The number of rotatable bonds is 8. The van der Waals surface area contributed by atoms with Gasteiger partial charge in [0.25, 0.3) is 0 Å². The third-order valence-corrected chi connectivity index (χ3v) is 6.10. The lowest BCUT2D eigenvalue weighted by atomic mass is 9.94. The van der Waals surface area contributed by atoms with Gasteiger partial charge >= 0.3 is 0 Å². The lowest BCUT2D eigenvalue weighted by molar-refractivity contribution is -0.121. The van der Waals surface area contributed by atoms with Crippen molar-refractivity contribution < 1.29 is 4.79 Å². The van der Waals surface area contributed by atoms with Crippen LogP contribution in [0.4, 0.5) is 0 Å². The van der Waals surface area contributed by atoms with Crippen molar-refractivity contribution in [2.24, 2.45) is 5.92 Å². The van der Waals surface area contributed by atoms with Gasteiger partial charge < -0.3 is 10.6 Å². The number of thioether (sulfide) groups is 1. The molecule has 0 bridgehead atoms. The van der Waals surface area contributed by atoms with Crippen molar-refractivity contribution in [3.8, 4) is 0 Å². The maximum absolute atomic E-state index is 11.9. The maximum atomic E-state index is 11.9. The second-order valence-corrected chi connectivity index (χ2v) is 6.90. The summed E-state index contributed by atoms with van der Waals surface area (Å²) in [6, 6.07) is 0. The molecule has 1 unspecified atom stereocenters. The monoisotopic (exact) mass is 286 g/mol. The van der Waals surface area contributed by atoms with Gasteiger partial charge in [0, 0.05) is 17.7 Å². The first-order valence-electron chi connectivity index (χ1n) is 7.68. The van der Waals surface area contributed by atoms with Crippen LogP contribution in [0.5, 0.6) is 0 Å². The minimum atomic E-state index is 0.224. The Kier molecular flexibility index (Phi) is 7.84. The molecule has 112 valence electrons. The normalized spacial score (nSPS) is 20.3. The van der Waals surface area contributed by atoms with Crippen LogP contribution in [0.3, 0.4) is 0 Å². The molecule has 1 aliphatic heterocycles. The number of hydrogen-bond donors (Lipinski definition) is 2. The smallest absolute Gasteiger partial charge is 0.220 e. The van der Waals surface area contributed by atoms with E-state index in [1.54, 1.807) is 0 Å². The van der Waals surface area contributed by atoms with E-state index < -0.39 is 0 Å². The van der Waals surface area contributed by atoms with Crippen LogP contribution in [0.2, 0.25) is 0 Å². The van der Waals surface area contributed by atoms with E-state index in [4.69, 9.17) is 0 Å². The van der Waals surface area contributed by atoms with Crippen LogP contribution in [0.1, 0.15) is 52.4 Å².